The van der Waals surface area contributed by atoms with Crippen LogP contribution in [0.25, 0.3) is 5.69 Å². The van der Waals surface area contributed by atoms with E-state index < -0.39 is 17.4 Å². The molecule has 27 heavy (non-hydrogen) atoms. The van der Waals surface area contributed by atoms with Gasteiger partial charge in [-0.1, -0.05) is 12.1 Å². The van der Waals surface area contributed by atoms with Gasteiger partial charge in [0.2, 0.25) is 0 Å². The number of anilines is 1. The van der Waals surface area contributed by atoms with Crippen LogP contribution in [0.15, 0.2) is 35.1 Å². The van der Waals surface area contributed by atoms with Crippen LogP contribution >= 0.6 is 11.8 Å². The van der Waals surface area contributed by atoms with Crippen LogP contribution in [-0.2, 0) is 0 Å². The number of nitrogen functional groups attached to an aromatic ring is 1. The van der Waals surface area contributed by atoms with E-state index in [1.807, 2.05) is 0 Å². The van der Waals surface area contributed by atoms with E-state index in [1.165, 1.54) is 0 Å². The zero-order chi connectivity index (χ0) is 19.1. The molecular formula is C18H16N4O4S. The number of hydrogen-bond acceptors (Lipinski definition) is 6. The minimum atomic E-state index is -0.655. The number of pyridine rings is 1. The van der Waals surface area contributed by atoms with Crippen molar-refractivity contribution in [2.75, 3.05) is 30.3 Å². The predicted molar refractivity (Wildman–Crippen MR) is 101 cm³/mol. The third-order valence-corrected chi connectivity index (χ3v) is 5.57. The van der Waals surface area contributed by atoms with Gasteiger partial charge in [0, 0.05) is 30.7 Å². The largest absolute Gasteiger partial charge is 0.384 e. The van der Waals surface area contributed by atoms with Crippen molar-refractivity contribution in [1.29, 1.82) is 0 Å². The molecule has 3 N–H and O–H groups in total. The van der Waals surface area contributed by atoms with Gasteiger partial charge in [-0.2, -0.15) is 11.8 Å². The maximum absolute atomic E-state index is 13.0. The fourth-order valence-electron chi connectivity index (χ4n) is 3.31. The zero-order valence-corrected chi connectivity index (χ0v) is 15.0. The number of benzene rings is 1. The Morgan fingerprint density at radius 2 is 1.78 bits per heavy atom. The Bertz CT molecular complexity index is 1040. The van der Waals surface area contributed by atoms with Gasteiger partial charge in [-0.05, 0) is 12.1 Å². The number of rotatable bonds is 2. The van der Waals surface area contributed by atoms with E-state index in [9.17, 15) is 19.2 Å². The highest BCUT2D eigenvalue weighted by atomic mass is 32.2. The molecule has 0 atom stereocenters. The molecule has 1 aromatic heterocycles. The number of nitrogens with one attached hydrogen (secondary N) is 1. The van der Waals surface area contributed by atoms with Gasteiger partial charge in [0.15, 0.2) is 0 Å². The Morgan fingerprint density at radius 3 is 2.52 bits per heavy atom. The van der Waals surface area contributed by atoms with E-state index in [0.717, 1.165) is 22.1 Å². The Labute approximate surface area is 158 Å². The van der Waals surface area contributed by atoms with Crippen molar-refractivity contribution in [2.45, 2.75) is 0 Å². The molecule has 9 heteroatoms. The third kappa shape index (κ3) is 2.80. The number of para-hydroxylation sites is 1. The Morgan fingerprint density at radius 1 is 1.07 bits per heavy atom. The van der Waals surface area contributed by atoms with E-state index in [4.69, 9.17) is 5.73 Å². The minimum absolute atomic E-state index is 0.0452. The lowest BCUT2D eigenvalue weighted by Gasteiger charge is -2.27. The maximum atomic E-state index is 13.0. The van der Waals surface area contributed by atoms with Crippen molar-refractivity contribution in [2.24, 2.45) is 0 Å². The van der Waals surface area contributed by atoms with Crippen molar-refractivity contribution in [3.8, 4) is 5.69 Å². The molecule has 0 aliphatic carbocycles. The quantitative estimate of drug-likeness (QED) is 0.729. The highest BCUT2D eigenvalue weighted by Gasteiger charge is 2.32. The molecule has 0 bridgehead atoms. The van der Waals surface area contributed by atoms with Gasteiger partial charge in [0.05, 0.1) is 22.4 Å². The van der Waals surface area contributed by atoms with Gasteiger partial charge in [-0.25, -0.2) is 0 Å². The number of carbonyl (C=O) groups excluding carboxylic acids is 3. The second kappa shape index (κ2) is 6.58. The summed E-state index contributed by atoms with van der Waals surface area (Å²) in [5.74, 6) is 0.0570. The van der Waals surface area contributed by atoms with Gasteiger partial charge in [0.1, 0.15) is 5.82 Å². The molecule has 1 aromatic carbocycles. The molecule has 1 saturated heterocycles. The zero-order valence-electron chi connectivity index (χ0n) is 14.2. The molecule has 8 nitrogen and oxygen atoms in total. The first kappa shape index (κ1) is 17.3. The lowest BCUT2D eigenvalue weighted by Crippen LogP contribution is -2.38. The SMILES string of the molecule is Nc1c2c(cc(=O)n1-c1ccccc1C(=O)N1CCSCC1)C(=O)NC2=O. The number of carbonyl (C=O) groups is 3. The topological polar surface area (TPSA) is 114 Å². The van der Waals surface area contributed by atoms with E-state index in [-0.39, 0.29) is 28.5 Å². The van der Waals surface area contributed by atoms with Crippen LogP contribution in [0.3, 0.4) is 0 Å². The summed E-state index contributed by atoms with van der Waals surface area (Å²) in [4.78, 5) is 51.3. The molecule has 3 heterocycles. The highest BCUT2D eigenvalue weighted by Crippen LogP contribution is 2.25. The molecule has 0 spiro atoms. The second-order valence-electron chi connectivity index (χ2n) is 6.20. The number of nitrogens with two attached hydrogens (primary N) is 1. The van der Waals surface area contributed by atoms with Crippen molar-refractivity contribution in [3.05, 3.63) is 57.4 Å². The van der Waals surface area contributed by atoms with Crippen LogP contribution in [0.4, 0.5) is 5.82 Å². The number of nitrogens with zero attached hydrogens (tertiary/aromatic N) is 2. The van der Waals surface area contributed by atoms with Crippen LogP contribution in [0.1, 0.15) is 31.1 Å². The summed E-state index contributed by atoms with van der Waals surface area (Å²) in [6.45, 7) is 1.26. The normalized spacial score (nSPS) is 16.2. The highest BCUT2D eigenvalue weighted by molar-refractivity contribution is 7.99. The first-order chi connectivity index (χ1) is 13.0. The van der Waals surface area contributed by atoms with E-state index in [2.05, 4.69) is 5.32 Å². The molecular weight excluding hydrogens is 368 g/mol. The fraction of sp³-hybridized carbons (Fsp3) is 0.222. The number of imide groups is 1. The van der Waals surface area contributed by atoms with Gasteiger partial charge < -0.3 is 10.6 Å². The first-order valence-corrected chi connectivity index (χ1v) is 9.52. The van der Waals surface area contributed by atoms with E-state index >= 15 is 0 Å². The summed E-state index contributed by atoms with van der Waals surface area (Å²) in [5, 5.41) is 2.13. The molecule has 138 valence electrons. The summed E-state index contributed by atoms with van der Waals surface area (Å²) >= 11 is 1.79. The Hall–Kier alpha value is -3.07. The molecule has 0 unspecified atom stereocenters. The monoisotopic (exact) mass is 384 g/mol. The van der Waals surface area contributed by atoms with E-state index in [0.29, 0.717) is 18.7 Å². The summed E-state index contributed by atoms with van der Waals surface area (Å²) in [7, 11) is 0. The lowest BCUT2D eigenvalue weighted by atomic mass is 10.1. The lowest BCUT2D eigenvalue weighted by molar-refractivity contribution is 0.0771. The van der Waals surface area contributed by atoms with Gasteiger partial charge >= 0.3 is 0 Å². The van der Waals surface area contributed by atoms with Crippen LogP contribution in [0.5, 0.6) is 0 Å². The van der Waals surface area contributed by atoms with Gasteiger partial charge in [0.25, 0.3) is 23.3 Å². The van der Waals surface area contributed by atoms with Crippen molar-refractivity contribution in [3.63, 3.8) is 0 Å². The number of fused-ring (bicyclic) bond motifs is 1. The summed E-state index contributed by atoms with van der Waals surface area (Å²) in [6.07, 6.45) is 0. The third-order valence-electron chi connectivity index (χ3n) is 4.63. The van der Waals surface area contributed by atoms with Crippen molar-refractivity contribution in [1.82, 2.24) is 14.8 Å². The van der Waals surface area contributed by atoms with Crippen LogP contribution in [0, 0.1) is 0 Å². The average Bonchev–Trinajstić information content (AvgIpc) is 2.96. The van der Waals surface area contributed by atoms with Crippen molar-refractivity contribution >= 4 is 35.3 Å². The number of amides is 3. The molecule has 2 aliphatic rings. The number of thioether (sulfide) groups is 1. The predicted octanol–water partition coefficient (Wildman–Crippen LogP) is 0.492. The molecule has 2 aliphatic heterocycles. The molecule has 0 radical (unpaired) electrons. The van der Waals surface area contributed by atoms with Crippen LogP contribution in [0.2, 0.25) is 0 Å². The summed E-state index contributed by atoms with van der Waals surface area (Å²) in [5.41, 5.74) is 6.03. The number of hydrogen-bond donors (Lipinski definition) is 2. The summed E-state index contributed by atoms with van der Waals surface area (Å²) < 4.78 is 1.11. The average molecular weight is 384 g/mol. The molecule has 3 amide bonds. The molecule has 1 fully saturated rings. The molecule has 4 rings (SSSR count). The molecule has 2 aromatic rings. The number of aromatic nitrogens is 1. The van der Waals surface area contributed by atoms with Crippen LogP contribution in [-0.4, -0.2) is 51.8 Å². The minimum Gasteiger partial charge on any atom is -0.384 e. The molecule has 0 saturated carbocycles. The van der Waals surface area contributed by atoms with Gasteiger partial charge in [-0.15, -0.1) is 0 Å². The summed E-state index contributed by atoms with van der Waals surface area (Å²) in [6, 6.07) is 7.70. The smallest absolute Gasteiger partial charge is 0.262 e. The van der Waals surface area contributed by atoms with Gasteiger partial charge in [-0.3, -0.25) is 29.1 Å². The standard InChI is InChI=1S/C18H16N4O4S/c19-15-14-11(16(24)20-17(14)25)9-13(23)22(15)12-4-2-1-3-10(12)18(26)21-5-7-27-8-6-21/h1-4,9H,5-8,19H2,(H,20,24,25). The Kier molecular flexibility index (Phi) is 4.23. The van der Waals surface area contributed by atoms with Crippen LogP contribution < -0.4 is 16.6 Å². The van der Waals surface area contributed by atoms with Crippen molar-refractivity contribution < 1.29 is 14.4 Å². The maximum Gasteiger partial charge on any atom is 0.262 e. The fourth-order valence-corrected chi connectivity index (χ4v) is 4.22. The Balaban J connectivity index is 1.88. The van der Waals surface area contributed by atoms with E-state index in [1.54, 1.807) is 40.9 Å². The first-order valence-electron chi connectivity index (χ1n) is 8.36. The second-order valence-corrected chi connectivity index (χ2v) is 7.42.